The Morgan fingerprint density at radius 3 is 2.35 bits per heavy atom. The number of rotatable bonds is 9. The average molecular weight is 483 g/mol. The minimum Gasteiger partial charge on any atom is -0.493 e. The largest absolute Gasteiger partial charge is 0.493 e. The Kier molecular flexibility index (Phi) is 7.83. The fourth-order valence-electron chi connectivity index (χ4n) is 3.60. The molecule has 0 unspecified atom stereocenters. The summed E-state index contributed by atoms with van der Waals surface area (Å²) in [6, 6.07) is 17.5. The second-order valence-electron chi connectivity index (χ2n) is 8.09. The molecule has 0 atom stereocenters. The molecule has 8 heteroatoms. The third-order valence-corrected chi connectivity index (χ3v) is 7.07. The van der Waals surface area contributed by atoms with Crippen molar-refractivity contribution in [1.82, 2.24) is 4.90 Å². The molecule has 1 amide bonds. The van der Waals surface area contributed by atoms with Crippen molar-refractivity contribution in [2.24, 2.45) is 0 Å². The van der Waals surface area contributed by atoms with Gasteiger partial charge in [-0.2, -0.15) is 0 Å². The fourth-order valence-corrected chi connectivity index (χ4v) is 5.01. The number of ether oxygens (including phenoxy) is 2. The molecule has 0 saturated heterocycles. The van der Waals surface area contributed by atoms with Crippen molar-refractivity contribution in [3.8, 4) is 11.5 Å². The van der Waals surface area contributed by atoms with Crippen LogP contribution < -0.4 is 14.2 Å². The van der Waals surface area contributed by atoms with Crippen molar-refractivity contribution >= 4 is 21.6 Å². The number of sulfonamides is 1. The molecule has 0 aliphatic rings. The molecule has 180 valence electrons. The summed E-state index contributed by atoms with van der Waals surface area (Å²) in [5, 5.41) is 0. The molecule has 0 aromatic heterocycles. The number of hydrogen-bond acceptors (Lipinski definition) is 5. The van der Waals surface area contributed by atoms with E-state index in [1.807, 2.05) is 31.2 Å². The predicted molar refractivity (Wildman–Crippen MR) is 133 cm³/mol. The highest BCUT2D eigenvalue weighted by Gasteiger charge is 2.22. The zero-order chi connectivity index (χ0) is 24.9. The van der Waals surface area contributed by atoms with Gasteiger partial charge in [-0.05, 0) is 67.3 Å². The van der Waals surface area contributed by atoms with Gasteiger partial charge in [0.05, 0.1) is 30.4 Å². The summed E-state index contributed by atoms with van der Waals surface area (Å²) in [5.74, 6) is 0.987. The van der Waals surface area contributed by atoms with Gasteiger partial charge in [0.15, 0.2) is 11.5 Å². The van der Waals surface area contributed by atoms with Crippen LogP contribution in [0.5, 0.6) is 11.5 Å². The second-order valence-corrected chi connectivity index (χ2v) is 9.74. The Hall–Kier alpha value is -3.52. The number of benzene rings is 3. The third-order valence-electron chi connectivity index (χ3n) is 5.57. The average Bonchev–Trinajstić information content (AvgIpc) is 2.83. The zero-order valence-electron chi connectivity index (χ0n) is 20.1. The molecule has 7 nitrogen and oxygen atoms in total. The van der Waals surface area contributed by atoms with E-state index >= 15 is 0 Å². The van der Waals surface area contributed by atoms with Crippen molar-refractivity contribution in [2.75, 3.05) is 32.5 Å². The molecular formula is C26H30N2O5S. The standard InChI is InChI=1S/C26H30N2O5S/c1-18-10-11-19(2)25(16-18)34(30,31)27-22-9-7-6-8-21(22)26(29)28(3)15-14-20-12-13-23(32-4)24(17-20)33-5/h6-13,16-17,27H,14-15H2,1-5H3. The number of anilines is 1. The van der Waals surface area contributed by atoms with E-state index in [4.69, 9.17) is 9.47 Å². The topological polar surface area (TPSA) is 84.9 Å². The van der Waals surface area contributed by atoms with Crippen molar-refractivity contribution in [3.63, 3.8) is 0 Å². The van der Waals surface area contributed by atoms with Gasteiger partial charge >= 0.3 is 0 Å². The number of nitrogens with one attached hydrogen (secondary N) is 1. The second kappa shape index (κ2) is 10.6. The van der Waals surface area contributed by atoms with E-state index in [0.717, 1.165) is 11.1 Å². The lowest BCUT2D eigenvalue weighted by molar-refractivity contribution is 0.0797. The van der Waals surface area contributed by atoms with Crippen LogP contribution in [0.1, 0.15) is 27.0 Å². The van der Waals surface area contributed by atoms with Crippen LogP contribution in [0.2, 0.25) is 0 Å². The Bertz CT molecular complexity index is 1290. The molecule has 3 aromatic carbocycles. The van der Waals surface area contributed by atoms with Crippen LogP contribution in [-0.4, -0.2) is 47.0 Å². The fraction of sp³-hybridized carbons (Fsp3) is 0.269. The number of hydrogen-bond donors (Lipinski definition) is 1. The number of amides is 1. The first kappa shape index (κ1) is 25.1. The maximum absolute atomic E-state index is 13.2. The van der Waals surface area contributed by atoms with Gasteiger partial charge in [-0.25, -0.2) is 8.42 Å². The van der Waals surface area contributed by atoms with Crippen LogP contribution in [0, 0.1) is 13.8 Å². The molecule has 3 rings (SSSR count). The predicted octanol–water partition coefficient (Wildman–Crippen LogP) is 4.44. The first-order chi connectivity index (χ1) is 16.2. The van der Waals surface area contributed by atoms with E-state index in [9.17, 15) is 13.2 Å². The lowest BCUT2D eigenvalue weighted by Crippen LogP contribution is -2.30. The summed E-state index contributed by atoms with van der Waals surface area (Å²) >= 11 is 0. The highest BCUT2D eigenvalue weighted by Crippen LogP contribution is 2.28. The van der Waals surface area contributed by atoms with Gasteiger partial charge in [0.1, 0.15) is 0 Å². The summed E-state index contributed by atoms with van der Waals surface area (Å²) in [6.07, 6.45) is 0.596. The van der Waals surface area contributed by atoms with E-state index in [1.165, 1.54) is 0 Å². The van der Waals surface area contributed by atoms with E-state index in [1.54, 1.807) is 69.5 Å². The molecule has 1 N–H and O–H groups in total. The van der Waals surface area contributed by atoms with Gasteiger partial charge in [-0.15, -0.1) is 0 Å². The molecule has 0 spiro atoms. The summed E-state index contributed by atoms with van der Waals surface area (Å²) in [7, 11) is 0.985. The molecule has 0 fully saturated rings. The number of carbonyl (C=O) groups is 1. The summed E-state index contributed by atoms with van der Waals surface area (Å²) in [5.41, 5.74) is 2.98. The smallest absolute Gasteiger partial charge is 0.262 e. The number of likely N-dealkylation sites (N-methyl/N-ethyl adjacent to an activating group) is 1. The van der Waals surface area contributed by atoms with Gasteiger partial charge in [0.25, 0.3) is 15.9 Å². The van der Waals surface area contributed by atoms with Crippen molar-refractivity contribution < 1.29 is 22.7 Å². The highest BCUT2D eigenvalue weighted by molar-refractivity contribution is 7.92. The Morgan fingerprint density at radius 1 is 0.941 bits per heavy atom. The van der Waals surface area contributed by atoms with Crippen molar-refractivity contribution in [2.45, 2.75) is 25.2 Å². The lowest BCUT2D eigenvalue weighted by atomic mass is 10.1. The van der Waals surface area contributed by atoms with Gasteiger partial charge in [0, 0.05) is 13.6 Å². The van der Waals surface area contributed by atoms with Crippen molar-refractivity contribution in [3.05, 3.63) is 82.9 Å². The molecule has 0 bridgehead atoms. The lowest BCUT2D eigenvalue weighted by Gasteiger charge is -2.20. The van der Waals surface area contributed by atoms with Gasteiger partial charge in [-0.3, -0.25) is 9.52 Å². The van der Waals surface area contributed by atoms with E-state index in [2.05, 4.69) is 4.72 Å². The van der Waals surface area contributed by atoms with Gasteiger partial charge in [0.2, 0.25) is 0 Å². The van der Waals surface area contributed by atoms with Crippen LogP contribution in [0.25, 0.3) is 0 Å². The highest BCUT2D eigenvalue weighted by atomic mass is 32.2. The van der Waals surface area contributed by atoms with E-state index in [0.29, 0.717) is 30.0 Å². The van der Waals surface area contributed by atoms with Gasteiger partial charge in [-0.1, -0.05) is 30.3 Å². The molecule has 0 saturated carbocycles. The maximum atomic E-state index is 13.2. The Morgan fingerprint density at radius 2 is 1.65 bits per heavy atom. The molecule has 0 aliphatic carbocycles. The number of carbonyl (C=O) groups excluding carboxylic acids is 1. The quantitative estimate of drug-likeness (QED) is 0.488. The molecule has 0 aliphatic heterocycles. The van der Waals surface area contributed by atoms with E-state index < -0.39 is 10.0 Å². The minimum absolute atomic E-state index is 0.191. The maximum Gasteiger partial charge on any atom is 0.262 e. The Labute approximate surface area is 201 Å². The van der Waals surface area contributed by atoms with Crippen molar-refractivity contribution in [1.29, 1.82) is 0 Å². The molecule has 0 heterocycles. The summed E-state index contributed by atoms with van der Waals surface area (Å²) in [6.45, 7) is 4.02. The van der Waals surface area contributed by atoms with E-state index in [-0.39, 0.29) is 22.1 Å². The van der Waals surface area contributed by atoms with Crippen LogP contribution in [0.15, 0.2) is 65.6 Å². The number of para-hydroxylation sites is 1. The summed E-state index contributed by atoms with van der Waals surface area (Å²) < 4.78 is 39.4. The molecule has 0 radical (unpaired) electrons. The first-order valence-electron chi connectivity index (χ1n) is 10.8. The van der Waals surface area contributed by atoms with Crippen LogP contribution in [0.4, 0.5) is 5.69 Å². The number of methoxy groups -OCH3 is 2. The third kappa shape index (κ3) is 5.69. The number of aryl methyl sites for hydroxylation is 2. The molecule has 3 aromatic rings. The normalized spacial score (nSPS) is 11.1. The zero-order valence-corrected chi connectivity index (χ0v) is 20.9. The van der Waals surface area contributed by atoms with Crippen LogP contribution in [0.3, 0.4) is 0 Å². The summed E-state index contributed by atoms with van der Waals surface area (Å²) in [4.78, 5) is 15.0. The Balaban J connectivity index is 1.78. The first-order valence-corrected chi connectivity index (χ1v) is 12.3. The molecular weight excluding hydrogens is 452 g/mol. The van der Waals surface area contributed by atoms with Crippen LogP contribution in [-0.2, 0) is 16.4 Å². The minimum atomic E-state index is -3.86. The number of nitrogens with zero attached hydrogens (tertiary/aromatic N) is 1. The monoisotopic (exact) mass is 482 g/mol. The molecule has 34 heavy (non-hydrogen) atoms. The van der Waals surface area contributed by atoms with Crippen LogP contribution >= 0.6 is 0 Å². The van der Waals surface area contributed by atoms with Gasteiger partial charge < -0.3 is 14.4 Å². The SMILES string of the molecule is COc1ccc(CCN(C)C(=O)c2ccccc2NS(=O)(=O)c2cc(C)ccc2C)cc1OC.